The summed E-state index contributed by atoms with van der Waals surface area (Å²) in [5.74, 6) is 2.14. The number of imidazole rings is 1. The third-order valence-electron chi connectivity index (χ3n) is 3.80. The number of aromatic nitrogens is 2. The molecular weight excluding hydrogens is 340 g/mol. The van der Waals surface area contributed by atoms with Gasteiger partial charge >= 0.3 is 5.82 Å². The summed E-state index contributed by atoms with van der Waals surface area (Å²) in [5.41, 5.74) is 0.647. The molecule has 0 atom stereocenters. The number of H-pyrrole nitrogens is 1. The number of aromatic amines is 1. The van der Waals surface area contributed by atoms with Crippen molar-refractivity contribution in [3.8, 4) is 11.5 Å². The van der Waals surface area contributed by atoms with Crippen LogP contribution in [0.15, 0.2) is 41.0 Å². The van der Waals surface area contributed by atoms with Gasteiger partial charge < -0.3 is 28.9 Å². The van der Waals surface area contributed by atoms with Crippen LogP contribution in [0.5, 0.6) is 11.5 Å². The molecule has 0 aliphatic rings. The van der Waals surface area contributed by atoms with E-state index in [1.54, 1.807) is 55.5 Å². The van der Waals surface area contributed by atoms with Crippen molar-refractivity contribution in [3.63, 3.8) is 0 Å². The van der Waals surface area contributed by atoms with Crippen LogP contribution in [0, 0.1) is 17.0 Å². The Hall–Kier alpha value is -3.49. The Morgan fingerprint density at radius 2 is 2.04 bits per heavy atom. The van der Waals surface area contributed by atoms with Crippen LogP contribution >= 0.6 is 0 Å². The summed E-state index contributed by atoms with van der Waals surface area (Å²) < 4.78 is 16.0. The smallest absolute Gasteiger partial charge is 0.365 e. The van der Waals surface area contributed by atoms with Gasteiger partial charge in [0.05, 0.1) is 27.0 Å². The average Bonchev–Trinajstić information content (AvgIpc) is 3.28. The number of nitrogens with zero attached hydrogens (tertiary/aromatic N) is 3. The summed E-state index contributed by atoms with van der Waals surface area (Å²) in [6.07, 6.45) is 1.55. The molecule has 0 saturated heterocycles. The van der Waals surface area contributed by atoms with E-state index in [0.717, 1.165) is 0 Å². The van der Waals surface area contributed by atoms with Crippen LogP contribution in [-0.4, -0.2) is 29.1 Å². The molecule has 0 aliphatic carbocycles. The van der Waals surface area contributed by atoms with E-state index in [1.165, 1.54) is 7.11 Å². The second-order valence-corrected chi connectivity index (χ2v) is 5.46. The summed E-state index contributed by atoms with van der Waals surface area (Å²) in [6.45, 7) is 1.92. The van der Waals surface area contributed by atoms with Crippen molar-refractivity contribution in [3.05, 3.63) is 58.3 Å². The van der Waals surface area contributed by atoms with Crippen molar-refractivity contribution in [1.82, 2.24) is 9.97 Å². The van der Waals surface area contributed by atoms with Crippen LogP contribution in [0.1, 0.15) is 11.6 Å². The van der Waals surface area contributed by atoms with Crippen molar-refractivity contribution >= 4 is 17.3 Å². The minimum atomic E-state index is -0.495. The Kier molecular flexibility index (Phi) is 4.78. The van der Waals surface area contributed by atoms with E-state index in [2.05, 4.69) is 9.97 Å². The van der Waals surface area contributed by atoms with E-state index in [1.807, 2.05) is 0 Å². The van der Waals surface area contributed by atoms with Gasteiger partial charge in [0.25, 0.3) is 0 Å². The molecule has 1 N–H and O–H groups in total. The largest absolute Gasteiger partial charge is 0.493 e. The first kappa shape index (κ1) is 17.3. The fraction of sp³-hybridized carbons (Fsp3) is 0.235. The summed E-state index contributed by atoms with van der Waals surface area (Å²) in [5, 5.41) is 11.4. The predicted molar refractivity (Wildman–Crippen MR) is 94.1 cm³/mol. The molecule has 2 aromatic heterocycles. The van der Waals surface area contributed by atoms with E-state index < -0.39 is 4.92 Å². The van der Waals surface area contributed by atoms with Crippen LogP contribution in [0.25, 0.3) is 0 Å². The molecule has 3 aromatic rings. The molecule has 136 valence electrons. The van der Waals surface area contributed by atoms with Gasteiger partial charge in [-0.3, -0.25) is 0 Å². The Labute approximate surface area is 149 Å². The van der Waals surface area contributed by atoms with E-state index in [-0.39, 0.29) is 18.2 Å². The SMILES string of the molecule is COc1ccc(N(Cc2ccco2)c2nc(C)[nH]c2[N+](=O)[O-])cc1OC. The van der Waals surface area contributed by atoms with Gasteiger partial charge in [-0.1, -0.05) is 0 Å². The monoisotopic (exact) mass is 358 g/mol. The minimum Gasteiger partial charge on any atom is -0.493 e. The molecule has 9 heteroatoms. The Morgan fingerprint density at radius 3 is 2.65 bits per heavy atom. The molecule has 0 unspecified atom stereocenters. The maximum absolute atomic E-state index is 11.4. The van der Waals surface area contributed by atoms with Crippen molar-refractivity contribution < 1.29 is 18.8 Å². The lowest BCUT2D eigenvalue weighted by Gasteiger charge is -2.22. The van der Waals surface area contributed by atoms with Crippen LogP contribution in [0.2, 0.25) is 0 Å². The number of hydrogen-bond acceptors (Lipinski definition) is 7. The second kappa shape index (κ2) is 7.18. The summed E-state index contributed by atoms with van der Waals surface area (Å²) in [4.78, 5) is 19.6. The third-order valence-corrected chi connectivity index (χ3v) is 3.80. The molecule has 0 aliphatic heterocycles. The molecule has 3 rings (SSSR count). The van der Waals surface area contributed by atoms with Gasteiger partial charge in [0.2, 0.25) is 5.82 Å². The topological polar surface area (TPSA) is 107 Å². The fourth-order valence-corrected chi connectivity index (χ4v) is 2.62. The Bertz CT molecular complexity index is 904. The number of methoxy groups -OCH3 is 2. The maximum atomic E-state index is 11.4. The summed E-state index contributed by atoms with van der Waals surface area (Å²) in [7, 11) is 3.07. The zero-order valence-corrected chi connectivity index (χ0v) is 14.6. The number of furan rings is 1. The standard InChI is InChI=1S/C17H18N4O5/c1-11-18-16(17(19-11)21(22)23)20(10-13-5-4-8-26-13)12-6-7-14(24-2)15(9-12)25-3/h4-9H,10H2,1-3H3,(H,18,19). The third kappa shape index (κ3) is 3.32. The number of aryl methyl sites for hydroxylation is 1. The lowest BCUT2D eigenvalue weighted by atomic mass is 10.2. The normalized spacial score (nSPS) is 10.6. The predicted octanol–water partition coefficient (Wildman–Crippen LogP) is 3.57. The van der Waals surface area contributed by atoms with E-state index in [9.17, 15) is 10.1 Å². The quantitative estimate of drug-likeness (QED) is 0.508. The fourth-order valence-electron chi connectivity index (χ4n) is 2.62. The Morgan fingerprint density at radius 1 is 1.27 bits per heavy atom. The minimum absolute atomic E-state index is 0.191. The van der Waals surface area contributed by atoms with Gasteiger partial charge in [-0.2, -0.15) is 4.98 Å². The van der Waals surface area contributed by atoms with Crippen LogP contribution in [0.4, 0.5) is 17.3 Å². The van der Waals surface area contributed by atoms with Gasteiger partial charge in [-0.25, -0.2) is 4.98 Å². The highest BCUT2D eigenvalue weighted by Gasteiger charge is 2.26. The highest BCUT2D eigenvalue weighted by Crippen LogP contribution is 2.37. The first-order chi connectivity index (χ1) is 12.5. The van der Waals surface area contributed by atoms with Crippen molar-refractivity contribution in [2.24, 2.45) is 0 Å². The molecule has 0 saturated carbocycles. The van der Waals surface area contributed by atoms with Crippen LogP contribution in [-0.2, 0) is 6.54 Å². The zero-order chi connectivity index (χ0) is 18.7. The lowest BCUT2D eigenvalue weighted by Crippen LogP contribution is -2.18. The Balaban J connectivity index is 2.11. The molecule has 0 spiro atoms. The molecule has 9 nitrogen and oxygen atoms in total. The van der Waals surface area contributed by atoms with Gasteiger partial charge in [-0.15, -0.1) is 0 Å². The number of rotatable bonds is 7. The van der Waals surface area contributed by atoms with Gasteiger partial charge in [0.1, 0.15) is 5.76 Å². The number of anilines is 2. The van der Waals surface area contributed by atoms with Gasteiger partial charge in [0, 0.05) is 18.7 Å². The van der Waals surface area contributed by atoms with Crippen LogP contribution in [0.3, 0.4) is 0 Å². The van der Waals surface area contributed by atoms with E-state index in [4.69, 9.17) is 13.9 Å². The number of nitrogens with one attached hydrogen (secondary N) is 1. The average molecular weight is 358 g/mol. The van der Waals surface area contributed by atoms with Crippen LogP contribution < -0.4 is 14.4 Å². The second-order valence-electron chi connectivity index (χ2n) is 5.46. The molecule has 2 heterocycles. The molecular formula is C17H18N4O5. The molecule has 0 amide bonds. The molecule has 26 heavy (non-hydrogen) atoms. The van der Waals surface area contributed by atoms with Gasteiger partial charge in [0.15, 0.2) is 17.3 Å². The first-order valence-corrected chi connectivity index (χ1v) is 7.76. The zero-order valence-electron chi connectivity index (χ0n) is 14.6. The summed E-state index contributed by atoms with van der Waals surface area (Å²) in [6, 6.07) is 8.79. The summed E-state index contributed by atoms with van der Waals surface area (Å²) >= 11 is 0. The molecule has 0 fully saturated rings. The number of benzene rings is 1. The number of ether oxygens (including phenoxy) is 2. The maximum Gasteiger partial charge on any atom is 0.365 e. The van der Waals surface area contributed by atoms with Crippen molar-refractivity contribution in [2.45, 2.75) is 13.5 Å². The number of hydrogen-bond donors (Lipinski definition) is 1. The lowest BCUT2D eigenvalue weighted by molar-refractivity contribution is -0.388. The van der Waals surface area contributed by atoms with Crippen molar-refractivity contribution in [1.29, 1.82) is 0 Å². The molecule has 0 bridgehead atoms. The van der Waals surface area contributed by atoms with Crippen molar-refractivity contribution in [2.75, 3.05) is 19.1 Å². The first-order valence-electron chi connectivity index (χ1n) is 7.76. The highest BCUT2D eigenvalue weighted by atomic mass is 16.6. The highest BCUT2D eigenvalue weighted by molar-refractivity contribution is 5.69. The number of nitro groups is 1. The molecule has 1 aromatic carbocycles. The van der Waals surface area contributed by atoms with E-state index >= 15 is 0 Å². The van der Waals surface area contributed by atoms with Gasteiger partial charge in [-0.05, 0) is 29.2 Å². The molecule has 0 radical (unpaired) electrons. The van der Waals surface area contributed by atoms with E-state index in [0.29, 0.717) is 28.8 Å².